The van der Waals surface area contributed by atoms with Crippen LogP contribution in [0.5, 0.6) is 0 Å². The summed E-state index contributed by atoms with van der Waals surface area (Å²) in [6.45, 7) is 14.3. The molecule has 0 rings (SSSR count). The van der Waals surface area contributed by atoms with Crippen molar-refractivity contribution in [3.05, 3.63) is 0 Å². The van der Waals surface area contributed by atoms with E-state index in [-0.39, 0.29) is 30.0 Å². The Labute approximate surface area is 154 Å². The van der Waals surface area contributed by atoms with E-state index < -0.39 is 5.60 Å². The first kappa shape index (κ1) is 25.2. The summed E-state index contributed by atoms with van der Waals surface area (Å²) in [6, 6.07) is 1.78. The maximum atomic E-state index is 11.8. The minimum absolute atomic E-state index is 0.149. The Bertz CT molecular complexity index is 412. The number of ether oxygens (including phenoxy) is 2. The first-order valence-corrected chi connectivity index (χ1v) is 9.84. The molecule has 0 aromatic carbocycles. The first-order chi connectivity index (χ1) is 10.8. The molecule has 0 heterocycles. The minimum Gasteiger partial charge on any atom is -0.452 e. The molecule has 0 bridgehead atoms. The van der Waals surface area contributed by atoms with E-state index in [1.54, 1.807) is 28.8 Å². The van der Waals surface area contributed by atoms with Gasteiger partial charge in [-0.25, -0.2) is 4.79 Å². The van der Waals surface area contributed by atoms with Crippen LogP contribution in [0, 0.1) is 11.3 Å². The molecule has 0 radical (unpaired) electrons. The Balaban J connectivity index is 0. The van der Waals surface area contributed by atoms with E-state index in [0.717, 1.165) is 5.75 Å². The zero-order valence-corrected chi connectivity index (χ0v) is 17.5. The van der Waals surface area contributed by atoms with E-state index in [1.807, 2.05) is 38.5 Å². The molecule has 0 saturated carbocycles. The van der Waals surface area contributed by atoms with E-state index in [4.69, 9.17) is 10.00 Å². The van der Waals surface area contributed by atoms with Crippen LogP contribution in [0.1, 0.15) is 48.5 Å². The molecule has 0 saturated heterocycles. The molecule has 0 aromatic rings. The average Bonchev–Trinajstić information content (AvgIpc) is 2.41. The molecule has 24 heavy (non-hydrogen) atoms. The van der Waals surface area contributed by atoms with Gasteiger partial charge in [0.05, 0.1) is 0 Å². The number of amides is 1. The highest BCUT2D eigenvalue weighted by molar-refractivity contribution is 8.77. The lowest BCUT2D eigenvalue weighted by atomic mass is 10.2. The number of hydrogen-bond donors (Lipinski definition) is 0. The molecule has 0 spiro atoms. The SMILES string of the molecule is C[C@H](CSSC(C)(C)C)N(C)C(=O)OC(C)(C)C.N#CCOC=O. The van der Waals surface area contributed by atoms with Crippen molar-refractivity contribution in [2.75, 3.05) is 19.4 Å². The maximum absolute atomic E-state index is 11.8. The van der Waals surface area contributed by atoms with Gasteiger partial charge in [-0.15, -0.1) is 0 Å². The molecule has 6 nitrogen and oxygen atoms in total. The van der Waals surface area contributed by atoms with Gasteiger partial charge < -0.3 is 14.4 Å². The van der Waals surface area contributed by atoms with Crippen LogP contribution < -0.4 is 0 Å². The van der Waals surface area contributed by atoms with Crippen LogP contribution in [0.15, 0.2) is 0 Å². The van der Waals surface area contributed by atoms with Crippen molar-refractivity contribution < 1.29 is 19.1 Å². The van der Waals surface area contributed by atoms with Gasteiger partial charge in [-0.2, -0.15) is 5.26 Å². The van der Waals surface area contributed by atoms with Crippen LogP contribution >= 0.6 is 21.6 Å². The van der Waals surface area contributed by atoms with Crippen LogP contribution in [0.25, 0.3) is 0 Å². The fraction of sp³-hybridized carbons (Fsp3) is 0.812. The summed E-state index contributed by atoms with van der Waals surface area (Å²) in [4.78, 5) is 22.7. The number of nitriles is 1. The van der Waals surface area contributed by atoms with Crippen LogP contribution in [0.4, 0.5) is 4.79 Å². The molecule has 8 heteroatoms. The van der Waals surface area contributed by atoms with Gasteiger partial charge in [-0.1, -0.05) is 42.4 Å². The third-order valence-corrected chi connectivity index (χ3v) is 5.67. The number of carbonyl (C=O) groups excluding carboxylic acids is 2. The van der Waals surface area contributed by atoms with Gasteiger partial charge in [0.1, 0.15) is 11.7 Å². The lowest BCUT2D eigenvalue weighted by Gasteiger charge is -2.29. The summed E-state index contributed by atoms with van der Waals surface area (Å²) in [5, 5.41) is 7.66. The zero-order chi connectivity index (χ0) is 19.4. The number of nitrogens with zero attached hydrogens (tertiary/aromatic N) is 2. The van der Waals surface area contributed by atoms with Crippen molar-refractivity contribution in [3.8, 4) is 6.07 Å². The highest BCUT2D eigenvalue weighted by Gasteiger charge is 2.23. The van der Waals surface area contributed by atoms with Crippen molar-refractivity contribution >= 4 is 34.2 Å². The van der Waals surface area contributed by atoms with Gasteiger partial charge in [0.2, 0.25) is 0 Å². The topological polar surface area (TPSA) is 79.6 Å². The predicted molar refractivity (Wildman–Crippen MR) is 101 cm³/mol. The van der Waals surface area contributed by atoms with E-state index in [0.29, 0.717) is 0 Å². The van der Waals surface area contributed by atoms with Gasteiger partial charge in [0.25, 0.3) is 6.47 Å². The van der Waals surface area contributed by atoms with Crippen molar-refractivity contribution in [2.45, 2.75) is 64.9 Å². The second kappa shape index (κ2) is 12.3. The molecule has 1 atom stereocenters. The van der Waals surface area contributed by atoms with Crippen molar-refractivity contribution in [1.29, 1.82) is 5.26 Å². The molecule has 0 aliphatic carbocycles. The predicted octanol–water partition coefficient (Wildman–Crippen LogP) is 4.10. The van der Waals surface area contributed by atoms with Crippen LogP contribution in [-0.4, -0.2) is 53.3 Å². The van der Waals surface area contributed by atoms with E-state index in [2.05, 4.69) is 25.5 Å². The number of carbonyl (C=O) groups is 2. The third-order valence-electron chi connectivity index (χ3n) is 2.18. The molecule has 0 unspecified atom stereocenters. The zero-order valence-electron chi connectivity index (χ0n) is 15.9. The van der Waals surface area contributed by atoms with Crippen LogP contribution in [0.3, 0.4) is 0 Å². The van der Waals surface area contributed by atoms with Crippen LogP contribution in [0.2, 0.25) is 0 Å². The molecule has 140 valence electrons. The summed E-state index contributed by atoms with van der Waals surface area (Å²) in [7, 11) is 5.43. The second-order valence-corrected chi connectivity index (χ2v) is 10.2. The summed E-state index contributed by atoms with van der Waals surface area (Å²) in [6.07, 6.45) is -0.253. The monoisotopic (exact) mass is 378 g/mol. The fourth-order valence-electron chi connectivity index (χ4n) is 1.01. The largest absolute Gasteiger partial charge is 0.452 e. The van der Waals surface area contributed by atoms with Crippen molar-refractivity contribution in [3.63, 3.8) is 0 Å². The molecule has 0 aliphatic rings. The minimum atomic E-state index is -0.432. The highest BCUT2D eigenvalue weighted by Crippen LogP contribution is 2.35. The van der Waals surface area contributed by atoms with Gasteiger partial charge in [0, 0.05) is 23.6 Å². The summed E-state index contributed by atoms with van der Waals surface area (Å²) in [5.41, 5.74) is -0.432. The molecular weight excluding hydrogens is 348 g/mol. The average molecular weight is 379 g/mol. The summed E-state index contributed by atoms with van der Waals surface area (Å²) < 4.78 is 9.52. The molecule has 1 amide bonds. The lowest BCUT2D eigenvalue weighted by Crippen LogP contribution is -2.40. The Hall–Kier alpha value is -1.07. The van der Waals surface area contributed by atoms with Crippen LogP contribution in [-0.2, 0) is 14.3 Å². The molecule has 0 N–H and O–H groups in total. The smallest absolute Gasteiger partial charge is 0.410 e. The van der Waals surface area contributed by atoms with E-state index in [1.165, 1.54) is 0 Å². The first-order valence-electron chi connectivity index (χ1n) is 7.52. The Morgan fingerprint density at radius 3 is 2.17 bits per heavy atom. The second-order valence-electron chi connectivity index (χ2n) is 6.99. The molecule has 0 aliphatic heterocycles. The lowest BCUT2D eigenvalue weighted by molar-refractivity contribution is -0.127. The third kappa shape index (κ3) is 17.3. The van der Waals surface area contributed by atoms with E-state index >= 15 is 0 Å². The van der Waals surface area contributed by atoms with Gasteiger partial charge in [-0.05, 0) is 27.7 Å². The normalized spacial score (nSPS) is 12.1. The van der Waals surface area contributed by atoms with Crippen molar-refractivity contribution in [1.82, 2.24) is 4.90 Å². The summed E-state index contributed by atoms with van der Waals surface area (Å²) >= 11 is 0. The maximum Gasteiger partial charge on any atom is 0.410 e. The van der Waals surface area contributed by atoms with Gasteiger partial charge in [0.15, 0.2) is 6.61 Å². The Kier molecular flexibility index (Phi) is 12.9. The van der Waals surface area contributed by atoms with Gasteiger partial charge >= 0.3 is 6.09 Å². The standard InChI is InChI=1S/C13H27NO2S2.C3H3NO2/c1-10(9-17-18-13(5,6)7)14(8)11(15)16-12(2,3)4;4-1-2-6-3-5/h10H,9H2,1-8H3;3H,2H2/t10-;/m1./s1. The molecule has 0 aromatic heterocycles. The summed E-state index contributed by atoms with van der Waals surface area (Å²) in [5.74, 6) is 0.900. The Morgan fingerprint density at radius 1 is 1.29 bits per heavy atom. The molecule has 0 fully saturated rings. The van der Waals surface area contributed by atoms with Gasteiger partial charge in [-0.3, -0.25) is 4.79 Å². The number of hydrogen-bond acceptors (Lipinski definition) is 7. The fourth-order valence-corrected chi connectivity index (χ4v) is 3.70. The molecular formula is C16H30N2O4S2. The van der Waals surface area contributed by atoms with Crippen molar-refractivity contribution in [2.24, 2.45) is 0 Å². The van der Waals surface area contributed by atoms with E-state index in [9.17, 15) is 9.59 Å². The highest BCUT2D eigenvalue weighted by atomic mass is 33.1. The number of rotatable bonds is 6. The Morgan fingerprint density at radius 2 is 1.83 bits per heavy atom. The quantitative estimate of drug-likeness (QED) is 0.391.